The van der Waals surface area contributed by atoms with Gasteiger partial charge in [0.25, 0.3) is 11.5 Å². The third-order valence-corrected chi connectivity index (χ3v) is 8.12. The number of rotatable bonds is 8. The molecule has 0 bridgehead atoms. The lowest BCUT2D eigenvalue weighted by molar-refractivity contribution is -0.118. The van der Waals surface area contributed by atoms with Crippen molar-refractivity contribution in [2.75, 3.05) is 12.4 Å². The Bertz CT molecular complexity index is 1510. The van der Waals surface area contributed by atoms with Gasteiger partial charge < -0.3 is 9.84 Å². The van der Waals surface area contributed by atoms with Gasteiger partial charge in [-0.1, -0.05) is 11.8 Å². The predicted octanol–water partition coefficient (Wildman–Crippen LogP) is 4.67. The predicted molar refractivity (Wildman–Crippen MR) is 148 cm³/mol. The van der Waals surface area contributed by atoms with Crippen LogP contribution in [0.25, 0.3) is 15.9 Å². The summed E-state index contributed by atoms with van der Waals surface area (Å²) in [6.45, 7) is 2.48. The SMILES string of the molecule is CCOc1ccc(-n2c(SCC(=O)N/N=C/c3ccc(O)cc3)nc3sc4c(c3c2=O)CCCC4)cc1. The zero-order valence-corrected chi connectivity index (χ0v) is 21.9. The van der Waals surface area contributed by atoms with Crippen molar-refractivity contribution in [3.05, 3.63) is 74.9 Å². The zero-order valence-electron chi connectivity index (χ0n) is 20.3. The lowest BCUT2D eigenvalue weighted by atomic mass is 9.97. The van der Waals surface area contributed by atoms with Gasteiger partial charge in [-0.25, -0.2) is 10.4 Å². The summed E-state index contributed by atoms with van der Waals surface area (Å²) in [5.74, 6) is 0.596. The van der Waals surface area contributed by atoms with E-state index in [-0.39, 0.29) is 23.0 Å². The second kappa shape index (κ2) is 11.2. The first-order valence-electron chi connectivity index (χ1n) is 12.1. The highest BCUT2D eigenvalue weighted by Crippen LogP contribution is 2.35. The van der Waals surface area contributed by atoms with Crippen molar-refractivity contribution < 1.29 is 14.6 Å². The fourth-order valence-corrected chi connectivity index (χ4v) is 6.38. The monoisotopic (exact) mass is 534 g/mol. The van der Waals surface area contributed by atoms with Crippen molar-refractivity contribution in [3.63, 3.8) is 0 Å². The maximum Gasteiger partial charge on any atom is 0.267 e. The van der Waals surface area contributed by atoms with Gasteiger partial charge in [0, 0.05) is 4.88 Å². The molecule has 8 nitrogen and oxygen atoms in total. The fraction of sp³-hybridized carbons (Fsp3) is 0.259. The first kappa shape index (κ1) is 25.0. The molecule has 0 aliphatic heterocycles. The van der Waals surface area contributed by atoms with E-state index in [1.54, 1.807) is 40.2 Å². The van der Waals surface area contributed by atoms with Crippen LogP contribution in [0.3, 0.4) is 0 Å². The molecule has 4 aromatic rings. The van der Waals surface area contributed by atoms with Crippen LogP contribution < -0.4 is 15.7 Å². The Balaban J connectivity index is 1.43. The standard InChI is InChI=1S/C27H26N4O4S2/c1-2-35-20-13-9-18(10-14-20)31-26(34)24-21-5-3-4-6-22(21)37-25(24)29-27(31)36-16-23(33)30-28-15-17-7-11-19(32)12-8-17/h7-15,32H,2-6,16H2,1H3,(H,30,33)/b28-15+. The number of phenolic OH excluding ortho intramolecular Hbond substituents is 1. The van der Waals surface area contributed by atoms with Gasteiger partial charge >= 0.3 is 0 Å². The van der Waals surface area contributed by atoms with E-state index >= 15 is 0 Å². The normalized spacial score (nSPS) is 13.1. The van der Waals surface area contributed by atoms with Gasteiger partial charge in [0.05, 0.1) is 29.6 Å². The third-order valence-electron chi connectivity index (χ3n) is 5.99. The lowest BCUT2D eigenvalue weighted by Crippen LogP contribution is -2.24. The van der Waals surface area contributed by atoms with Crippen LogP contribution in [-0.2, 0) is 17.6 Å². The molecule has 1 aliphatic carbocycles. The highest BCUT2D eigenvalue weighted by molar-refractivity contribution is 7.99. The maximum atomic E-state index is 13.8. The number of hydrazone groups is 1. The molecule has 2 aromatic heterocycles. The topological polar surface area (TPSA) is 106 Å². The molecule has 0 fully saturated rings. The number of carbonyl (C=O) groups is 1. The molecule has 10 heteroatoms. The number of nitrogens with one attached hydrogen (secondary N) is 1. The van der Waals surface area contributed by atoms with Crippen molar-refractivity contribution in [3.8, 4) is 17.2 Å². The molecule has 0 radical (unpaired) electrons. The van der Waals surface area contributed by atoms with Gasteiger partial charge in [-0.05, 0) is 92.3 Å². The summed E-state index contributed by atoms with van der Waals surface area (Å²) >= 11 is 2.78. The number of benzene rings is 2. The summed E-state index contributed by atoms with van der Waals surface area (Å²) in [6.07, 6.45) is 5.56. The van der Waals surface area contributed by atoms with Crippen molar-refractivity contribution in [1.82, 2.24) is 15.0 Å². The summed E-state index contributed by atoms with van der Waals surface area (Å²) < 4.78 is 7.15. The molecule has 2 N–H and O–H groups in total. The Morgan fingerprint density at radius 1 is 1.19 bits per heavy atom. The molecule has 37 heavy (non-hydrogen) atoms. The smallest absolute Gasteiger partial charge is 0.267 e. The number of aryl methyl sites for hydroxylation is 2. The first-order valence-corrected chi connectivity index (χ1v) is 13.9. The number of fused-ring (bicyclic) bond motifs is 3. The average Bonchev–Trinajstić information content (AvgIpc) is 3.28. The van der Waals surface area contributed by atoms with Crippen molar-refractivity contribution in [2.24, 2.45) is 5.10 Å². The van der Waals surface area contributed by atoms with Gasteiger partial charge in [0.2, 0.25) is 0 Å². The highest BCUT2D eigenvalue weighted by atomic mass is 32.2. The summed E-state index contributed by atoms with van der Waals surface area (Å²) in [7, 11) is 0. The minimum absolute atomic E-state index is 0.0347. The first-order chi connectivity index (χ1) is 18.0. The Labute approximate surface area is 222 Å². The van der Waals surface area contributed by atoms with Crippen LogP contribution in [0, 0.1) is 0 Å². The number of hydrogen-bond acceptors (Lipinski definition) is 8. The van der Waals surface area contributed by atoms with Crippen LogP contribution >= 0.6 is 23.1 Å². The van der Waals surface area contributed by atoms with Crippen LogP contribution in [0.5, 0.6) is 11.5 Å². The number of phenols is 1. The number of aromatic hydroxyl groups is 1. The van der Waals surface area contributed by atoms with Crippen molar-refractivity contribution >= 4 is 45.4 Å². The molecule has 1 amide bonds. The van der Waals surface area contributed by atoms with Crippen LogP contribution in [-0.4, -0.2) is 39.1 Å². The second-order valence-electron chi connectivity index (χ2n) is 8.53. The summed E-state index contributed by atoms with van der Waals surface area (Å²) in [5.41, 5.74) is 4.94. The quantitative estimate of drug-likeness (QED) is 0.147. The molecule has 0 saturated heterocycles. The summed E-state index contributed by atoms with van der Waals surface area (Å²) in [4.78, 5) is 33.2. The van der Waals surface area contributed by atoms with Crippen LogP contribution in [0.1, 0.15) is 35.8 Å². The minimum atomic E-state index is -0.321. The van der Waals surface area contributed by atoms with E-state index in [4.69, 9.17) is 9.72 Å². The minimum Gasteiger partial charge on any atom is -0.508 e. The Kier molecular flexibility index (Phi) is 7.57. The van der Waals surface area contributed by atoms with Crippen molar-refractivity contribution in [1.29, 1.82) is 0 Å². The van der Waals surface area contributed by atoms with Crippen molar-refractivity contribution in [2.45, 2.75) is 37.8 Å². The van der Waals surface area contributed by atoms with Crippen LogP contribution in [0.15, 0.2) is 63.6 Å². The number of thiophene rings is 1. The Hall–Kier alpha value is -3.63. The van der Waals surface area contributed by atoms with E-state index in [1.165, 1.54) is 22.9 Å². The van der Waals surface area contributed by atoms with E-state index in [0.29, 0.717) is 22.8 Å². The van der Waals surface area contributed by atoms with Gasteiger partial charge in [-0.3, -0.25) is 14.2 Å². The average molecular weight is 535 g/mol. The zero-order chi connectivity index (χ0) is 25.8. The Morgan fingerprint density at radius 2 is 1.95 bits per heavy atom. The second-order valence-corrected chi connectivity index (χ2v) is 10.6. The molecule has 2 heterocycles. The number of thioether (sulfide) groups is 1. The molecule has 0 atom stereocenters. The number of aromatic nitrogens is 2. The number of nitrogens with zero attached hydrogens (tertiary/aromatic N) is 3. The van der Waals surface area contributed by atoms with Crippen LogP contribution in [0.2, 0.25) is 0 Å². The molecule has 2 aromatic carbocycles. The third kappa shape index (κ3) is 5.55. The molecular weight excluding hydrogens is 508 g/mol. The van der Waals surface area contributed by atoms with Gasteiger partial charge in [-0.15, -0.1) is 11.3 Å². The van der Waals surface area contributed by atoms with Gasteiger partial charge in [-0.2, -0.15) is 5.10 Å². The lowest BCUT2D eigenvalue weighted by Gasteiger charge is -2.14. The molecule has 0 saturated carbocycles. The summed E-state index contributed by atoms with van der Waals surface area (Å²) in [5, 5.41) is 14.5. The van der Waals surface area contributed by atoms with E-state index < -0.39 is 0 Å². The summed E-state index contributed by atoms with van der Waals surface area (Å²) in [6, 6.07) is 13.8. The fourth-order valence-electron chi connectivity index (χ4n) is 4.27. The molecule has 0 unspecified atom stereocenters. The molecule has 190 valence electrons. The van der Waals surface area contributed by atoms with E-state index in [0.717, 1.165) is 47.4 Å². The van der Waals surface area contributed by atoms with E-state index in [9.17, 15) is 14.7 Å². The number of ether oxygens (including phenoxy) is 1. The molecular formula is C27H26N4O4S2. The number of amides is 1. The van der Waals surface area contributed by atoms with Crippen LogP contribution in [0.4, 0.5) is 0 Å². The molecule has 0 spiro atoms. The van der Waals surface area contributed by atoms with E-state index in [2.05, 4.69) is 10.5 Å². The number of hydrogen-bond donors (Lipinski definition) is 2. The van der Waals surface area contributed by atoms with E-state index in [1.807, 2.05) is 31.2 Å². The number of carbonyl (C=O) groups excluding carboxylic acids is 1. The molecule has 5 rings (SSSR count). The largest absolute Gasteiger partial charge is 0.508 e. The highest BCUT2D eigenvalue weighted by Gasteiger charge is 2.23. The molecule has 1 aliphatic rings. The van der Waals surface area contributed by atoms with Gasteiger partial charge in [0.15, 0.2) is 5.16 Å². The Morgan fingerprint density at radius 3 is 2.70 bits per heavy atom. The maximum absolute atomic E-state index is 13.8. The van der Waals surface area contributed by atoms with Gasteiger partial charge in [0.1, 0.15) is 16.3 Å².